The Kier molecular flexibility index (Phi) is 7.32. The predicted molar refractivity (Wildman–Crippen MR) is 110 cm³/mol. The fraction of sp³-hybridized carbons (Fsp3) is 0.429. The molecule has 0 amide bonds. The van der Waals surface area contributed by atoms with Gasteiger partial charge in [-0.15, -0.1) is 0 Å². The minimum Gasteiger partial charge on any atom is -0.497 e. The molecule has 0 aliphatic carbocycles. The van der Waals surface area contributed by atoms with Crippen molar-refractivity contribution in [1.82, 2.24) is 4.72 Å². The zero-order valence-corrected chi connectivity index (χ0v) is 18.1. The van der Waals surface area contributed by atoms with Gasteiger partial charge < -0.3 is 14.2 Å². The highest BCUT2D eigenvalue weighted by Crippen LogP contribution is 2.32. The number of methoxy groups -OCH3 is 1. The third-order valence-electron chi connectivity index (χ3n) is 4.34. The van der Waals surface area contributed by atoms with E-state index in [4.69, 9.17) is 14.2 Å². The molecule has 0 aliphatic heterocycles. The predicted octanol–water partition coefficient (Wildman–Crippen LogP) is 4.15. The Labute approximate surface area is 167 Å². The molecule has 1 atom stereocenters. The van der Waals surface area contributed by atoms with Gasteiger partial charge >= 0.3 is 0 Å². The Morgan fingerprint density at radius 1 is 0.964 bits per heavy atom. The van der Waals surface area contributed by atoms with E-state index in [2.05, 4.69) is 4.72 Å². The van der Waals surface area contributed by atoms with Crippen LogP contribution < -0.4 is 18.9 Å². The van der Waals surface area contributed by atoms with Gasteiger partial charge in [0, 0.05) is 6.04 Å². The van der Waals surface area contributed by atoms with Crippen molar-refractivity contribution in [3.8, 4) is 17.2 Å². The van der Waals surface area contributed by atoms with Crippen LogP contribution in [-0.2, 0) is 10.0 Å². The van der Waals surface area contributed by atoms with Gasteiger partial charge in [0.05, 0.1) is 25.2 Å². The lowest BCUT2D eigenvalue weighted by molar-refractivity contribution is 0.287. The summed E-state index contributed by atoms with van der Waals surface area (Å²) in [5, 5.41) is 0. The van der Waals surface area contributed by atoms with Crippen LogP contribution in [0.2, 0.25) is 0 Å². The lowest BCUT2D eigenvalue weighted by Gasteiger charge is -2.19. The number of hydrogen-bond donors (Lipinski definition) is 1. The van der Waals surface area contributed by atoms with Gasteiger partial charge in [-0.25, -0.2) is 13.1 Å². The molecule has 0 saturated heterocycles. The Morgan fingerprint density at radius 3 is 2.07 bits per heavy atom. The van der Waals surface area contributed by atoms with Crippen LogP contribution in [0.5, 0.6) is 17.2 Å². The molecule has 2 aromatic carbocycles. The summed E-state index contributed by atoms with van der Waals surface area (Å²) in [5.74, 6) is 1.88. The molecule has 28 heavy (non-hydrogen) atoms. The van der Waals surface area contributed by atoms with Gasteiger partial charge in [-0.1, -0.05) is 6.07 Å². The average Bonchev–Trinajstić information content (AvgIpc) is 2.62. The number of ether oxygens (including phenoxy) is 3. The molecule has 0 unspecified atom stereocenters. The van der Waals surface area contributed by atoms with Crippen LogP contribution >= 0.6 is 0 Å². The summed E-state index contributed by atoms with van der Waals surface area (Å²) >= 11 is 0. The van der Waals surface area contributed by atoms with Crippen LogP contribution in [0.3, 0.4) is 0 Å². The van der Waals surface area contributed by atoms with Gasteiger partial charge in [-0.3, -0.25) is 0 Å². The molecule has 154 valence electrons. The second kappa shape index (κ2) is 9.30. The van der Waals surface area contributed by atoms with Crippen molar-refractivity contribution in [2.75, 3.05) is 20.3 Å². The summed E-state index contributed by atoms with van der Waals surface area (Å²) < 4.78 is 45.3. The molecule has 1 N–H and O–H groups in total. The number of hydrogen-bond acceptors (Lipinski definition) is 5. The lowest BCUT2D eigenvalue weighted by Crippen LogP contribution is -2.28. The van der Waals surface area contributed by atoms with Crippen molar-refractivity contribution in [3.63, 3.8) is 0 Å². The molecule has 0 spiro atoms. The summed E-state index contributed by atoms with van der Waals surface area (Å²) in [4.78, 5) is 0.274. The quantitative estimate of drug-likeness (QED) is 0.676. The minimum atomic E-state index is -3.72. The molecule has 2 aromatic rings. The van der Waals surface area contributed by atoms with Crippen molar-refractivity contribution in [2.45, 2.75) is 45.6 Å². The van der Waals surface area contributed by atoms with Crippen LogP contribution in [0, 0.1) is 13.8 Å². The molecule has 2 rings (SSSR count). The van der Waals surface area contributed by atoms with E-state index >= 15 is 0 Å². The molecule has 6 nitrogen and oxygen atoms in total. The topological polar surface area (TPSA) is 73.9 Å². The van der Waals surface area contributed by atoms with E-state index in [1.807, 2.05) is 26.0 Å². The highest BCUT2D eigenvalue weighted by atomic mass is 32.2. The second-order valence-corrected chi connectivity index (χ2v) is 8.16. The molecule has 0 fully saturated rings. The van der Waals surface area contributed by atoms with Gasteiger partial charge in [0.1, 0.15) is 5.75 Å². The van der Waals surface area contributed by atoms with Gasteiger partial charge in [-0.05, 0) is 75.6 Å². The van der Waals surface area contributed by atoms with Crippen LogP contribution in [0.4, 0.5) is 0 Å². The van der Waals surface area contributed by atoms with E-state index in [-0.39, 0.29) is 4.90 Å². The zero-order chi connectivity index (χ0) is 20.9. The van der Waals surface area contributed by atoms with E-state index in [1.165, 1.54) is 0 Å². The van der Waals surface area contributed by atoms with Crippen molar-refractivity contribution >= 4 is 10.0 Å². The van der Waals surface area contributed by atoms with E-state index in [9.17, 15) is 8.42 Å². The number of sulfonamides is 1. The summed E-state index contributed by atoms with van der Waals surface area (Å²) in [5.41, 5.74) is 2.07. The number of nitrogens with one attached hydrogen (secondary N) is 1. The van der Waals surface area contributed by atoms with Crippen LogP contribution in [0.25, 0.3) is 0 Å². The van der Waals surface area contributed by atoms with Gasteiger partial charge in [-0.2, -0.15) is 0 Å². The first-order valence-corrected chi connectivity index (χ1v) is 10.8. The molecule has 0 aromatic heterocycles. The molecule has 7 heteroatoms. The molecule has 0 radical (unpaired) electrons. The maximum absolute atomic E-state index is 13.0. The zero-order valence-electron chi connectivity index (χ0n) is 17.3. The Morgan fingerprint density at radius 2 is 1.54 bits per heavy atom. The third-order valence-corrected chi connectivity index (χ3v) is 6.18. The van der Waals surface area contributed by atoms with E-state index in [0.717, 1.165) is 5.56 Å². The maximum Gasteiger partial charge on any atom is 0.241 e. The Hall–Kier alpha value is -2.25. The van der Waals surface area contributed by atoms with Gasteiger partial charge in [0.15, 0.2) is 11.5 Å². The van der Waals surface area contributed by atoms with Crippen LogP contribution in [0.1, 0.15) is 43.5 Å². The summed E-state index contributed by atoms with van der Waals surface area (Å²) in [6, 6.07) is 8.45. The second-order valence-electron chi connectivity index (χ2n) is 6.51. The van der Waals surface area contributed by atoms with Crippen LogP contribution in [0.15, 0.2) is 35.2 Å². The first-order chi connectivity index (χ1) is 13.2. The normalized spacial score (nSPS) is 12.5. The standard InChI is InChI=1S/C21H29NO5S/c1-7-26-19-10-9-17(13-20(19)27-8-2)16(5)22-28(23,24)21-14(3)11-18(25-6)12-15(21)4/h9-13,16,22H,7-8H2,1-6H3/t16-/m1/s1. The SMILES string of the molecule is CCOc1ccc([C@@H](C)NS(=O)(=O)c2c(C)cc(OC)cc2C)cc1OCC. The fourth-order valence-corrected chi connectivity index (χ4v) is 4.83. The number of rotatable bonds is 9. The highest BCUT2D eigenvalue weighted by Gasteiger charge is 2.24. The maximum atomic E-state index is 13.0. The van der Waals surface area contributed by atoms with E-state index in [1.54, 1.807) is 46.1 Å². The first-order valence-electron chi connectivity index (χ1n) is 9.30. The van der Waals surface area contributed by atoms with E-state index in [0.29, 0.717) is 41.6 Å². The first kappa shape index (κ1) is 22.0. The molecular formula is C21H29NO5S. The third kappa shape index (κ3) is 4.97. The molecule has 0 saturated carbocycles. The molecule has 0 aliphatic rings. The number of benzene rings is 2. The summed E-state index contributed by atoms with van der Waals surface area (Å²) in [6.45, 7) is 10.1. The highest BCUT2D eigenvalue weighted by molar-refractivity contribution is 7.89. The largest absolute Gasteiger partial charge is 0.497 e. The summed E-state index contributed by atoms with van der Waals surface area (Å²) in [7, 11) is -2.16. The smallest absolute Gasteiger partial charge is 0.241 e. The van der Waals surface area contributed by atoms with E-state index < -0.39 is 16.1 Å². The minimum absolute atomic E-state index is 0.274. The average molecular weight is 408 g/mol. The lowest BCUT2D eigenvalue weighted by atomic mass is 10.1. The van der Waals surface area contributed by atoms with Crippen molar-refractivity contribution in [2.24, 2.45) is 0 Å². The fourth-order valence-electron chi connectivity index (χ4n) is 3.15. The summed E-state index contributed by atoms with van der Waals surface area (Å²) in [6.07, 6.45) is 0. The van der Waals surface area contributed by atoms with Gasteiger partial charge in [0.25, 0.3) is 0 Å². The van der Waals surface area contributed by atoms with Crippen molar-refractivity contribution in [3.05, 3.63) is 47.0 Å². The molecular weight excluding hydrogens is 378 g/mol. The van der Waals surface area contributed by atoms with Crippen LogP contribution in [-0.4, -0.2) is 28.7 Å². The van der Waals surface area contributed by atoms with Gasteiger partial charge in [0.2, 0.25) is 10.0 Å². The number of aryl methyl sites for hydroxylation is 2. The Balaban J connectivity index is 2.33. The monoisotopic (exact) mass is 407 g/mol. The van der Waals surface area contributed by atoms with Crippen molar-refractivity contribution in [1.29, 1.82) is 0 Å². The molecule has 0 bridgehead atoms. The van der Waals surface area contributed by atoms with Crippen molar-refractivity contribution < 1.29 is 22.6 Å². The Bertz CT molecular complexity index is 901. The molecule has 0 heterocycles.